The largest absolute Gasteiger partial charge is 0.338 e. The third-order valence-electron chi connectivity index (χ3n) is 4.06. The molecule has 2 aliphatic heterocycles. The van der Waals surface area contributed by atoms with E-state index in [1.54, 1.807) is 0 Å². The molecule has 1 N–H and O–H groups in total. The van der Waals surface area contributed by atoms with Crippen LogP contribution in [0.5, 0.6) is 0 Å². The van der Waals surface area contributed by atoms with Gasteiger partial charge >= 0.3 is 0 Å². The lowest BCUT2D eigenvalue weighted by molar-refractivity contribution is 0.241. The van der Waals surface area contributed by atoms with Crippen molar-refractivity contribution in [3.8, 4) is 0 Å². The summed E-state index contributed by atoms with van der Waals surface area (Å²) in [5, 5.41) is 7.65. The van der Waals surface area contributed by atoms with E-state index in [9.17, 15) is 0 Å². The quantitative estimate of drug-likeness (QED) is 0.865. The topological polar surface area (TPSA) is 54.2 Å². The summed E-state index contributed by atoms with van der Waals surface area (Å²) in [4.78, 5) is 6.98. The van der Waals surface area contributed by atoms with E-state index in [4.69, 9.17) is 4.52 Å². The molecule has 5 heteroatoms. The Kier molecular flexibility index (Phi) is 3.61. The van der Waals surface area contributed by atoms with Gasteiger partial charge in [0.25, 0.3) is 0 Å². The number of hydrogen-bond donors (Lipinski definition) is 1. The maximum Gasteiger partial charge on any atom is 0.243 e. The van der Waals surface area contributed by atoms with Crippen LogP contribution in [0.15, 0.2) is 4.52 Å². The Morgan fingerprint density at radius 3 is 3.00 bits per heavy atom. The number of likely N-dealkylation sites (N-methyl/N-ethyl adjacent to an activating group) is 1. The molecule has 0 spiro atoms. The lowest BCUT2D eigenvalue weighted by Crippen LogP contribution is -2.31. The third kappa shape index (κ3) is 2.57. The van der Waals surface area contributed by atoms with Gasteiger partial charge < -0.3 is 14.7 Å². The molecular weight excluding hydrogens is 228 g/mol. The number of aromatic nitrogens is 2. The molecule has 2 unspecified atom stereocenters. The van der Waals surface area contributed by atoms with Gasteiger partial charge in [0.15, 0.2) is 5.82 Å². The molecule has 0 aromatic carbocycles. The van der Waals surface area contributed by atoms with Crippen LogP contribution in [0.2, 0.25) is 0 Å². The molecule has 100 valence electrons. The van der Waals surface area contributed by atoms with E-state index in [1.807, 2.05) is 0 Å². The predicted octanol–water partition coefficient (Wildman–Crippen LogP) is 1.69. The van der Waals surface area contributed by atoms with Crippen LogP contribution >= 0.6 is 0 Å². The van der Waals surface area contributed by atoms with E-state index >= 15 is 0 Å². The number of hydrogen-bond acceptors (Lipinski definition) is 5. The Bertz CT molecular complexity index is 386. The summed E-state index contributed by atoms with van der Waals surface area (Å²) in [7, 11) is 2.16. The summed E-state index contributed by atoms with van der Waals surface area (Å²) in [5.41, 5.74) is 0. The van der Waals surface area contributed by atoms with Crippen LogP contribution in [-0.2, 0) is 0 Å². The molecule has 0 aliphatic carbocycles. The first-order valence-electron chi connectivity index (χ1n) is 7.08. The van der Waals surface area contributed by atoms with Crippen LogP contribution in [-0.4, -0.2) is 41.7 Å². The smallest absolute Gasteiger partial charge is 0.243 e. The number of piperidine rings is 2. The van der Waals surface area contributed by atoms with Gasteiger partial charge in [-0.25, -0.2) is 0 Å². The van der Waals surface area contributed by atoms with Crippen LogP contribution in [0, 0.1) is 0 Å². The summed E-state index contributed by atoms with van der Waals surface area (Å²) in [5.74, 6) is 2.15. The van der Waals surface area contributed by atoms with Gasteiger partial charge in [-0.2, -0.15) is 4.98 Å². The molecule has 2 fully saturated rings. The first-order valence-corrected chi connectivity index (χ1v) is 7.08. The van der Waals surface area contributed by atoms with Crippen molar-refractivity contribution in [2.45, 2.75) is 44.1 Å². The van der Waals surface area contributed by atoms with Crippen molar-refractivity contribution in [2.24, 2.45) is 0 Å². The van der Waals surface area contributed by atoms with Crippen molar-refractivity contribution in [2.75, 3.05) is 26.7 Å². The molecule has 2 saturated heterocycles. The average molecular weight is 250 g/mol. The highest BCUT2D eigenvalue weighted by molar-refractivity contribution is 5.01. The van der Waals surface area contributed by atoms with E-state index in [1.165, 1.54) is 32.2 Å². The van der Waals surface area contributed by atoms with Gasteiger partial charge in [0.2, 0.25) is 5.89 Å². The Morgan fingerprint density at radius 1 is 1.28 bits per heavy atom. The number of rotatable bonds is 2. The number of nitrogens with zero attached hydrogens (tertiary/aromatic N) is 3. The average Bonchev–Trinajstić information content (AvgIpc) is 2.89. The van der Waals surface area contributed by atoms with E-state index in [-0.39, 0.29) is 6.04 Å². The molecule has 0 radical (unpaired) electrons. The fraction of sp³-hybridized carbons (Fsp3) is 0.846. The van der Waals surface area contributed by atoms with Crippen molar-refractivity contribution in [3.63, 3.8) is 0 Å². The zero-order valence-corrected chi connectivity index (χ0v) is 11.1. The molecular formula is C13H22N4O. The van der Waals surface area contributed by atoms with E-state index in [0.717, 1.165) is 31.2 Å². The maximum atomic E-state index is 5.45. The molecule has 0 saturated carbocycles. The summed E-state index contributed by atoms with van der Waals surface area (Å²) in [6, 6.07) is 0.279. The molecule has 5 nitrogen and oxygen atoms in total. The van der Waals surface area contributed by atoms with Crippen molar-refractivity contribution >= 4 is 0 Å². The van der Waals surface area contributed by atoms with E-state index in [0.29, 0.717) is 5.92 Å². The standard InChI is InChI=1S/C13H22N4O/c1-17-8-4-5-10(9-17)12-15-13(18-16-12)11-6-2-3-7-14-11/h10-11,14H,2-9H2,1H3. The molecule has 2 aliphatic rings. The summed E-state index contributed by atoms with van der Waals surface area (Å²) < 4.78 is 5.45. The normalized spacial score (nSPS) is 30.5. The lowest BCUT2D eigenvalue weighted by Gasteiger charge is -2.27. The van der Waals surface area contributed by atoms with Gasteiger partial charge in [-0.1, -0.05) is 11.6 Å². The predicted molar refractivity (Wildman–Crippen MR) is 68.4 cm³/mol. The fourth-order valence-electron chi connectivity index (χ4n) is 2.99. The Morgan fingerprint density at radius 2 is 2.22 bits per heavy atom. The highest BCUT2D eigenvalue weighted by Crippen LogP contribution is 2.27. The molecule has 1 aromatic rings. The second-order valence-corrected chi connectivity index (χ2v) is 5.59. The zero-order chi connectivity index (χ0) is 12.4. The molecule has 1 aromatic heterocycles. The third-order valence-corrected chi connectivity index (χ3v) is 4.06. The van der Waals surface area contributed by atoms with Crippen LogP contribution in [0.3, 0.4) is 0 Å². The fourth-order valence-corrected chi connectivity index (χ4v) is 2.99. The zero-order valence-electron chi connectivity index (χ0n) is 11.1. The lowest BCUT2D eigenvalue weighted by atomic mass is 9.98. The van der Waals surface area contributed by atoms with Gasteiger partial charge in [-0.05, 0) is 45.8 Å². The van der Waals surface area contributed by atoms with Gasteiger partial charge in [0.1, 0.15) is 0 Å². The van der Waals surface area contributed by atoms with Gasteiger partial charge in [0, 0.05) is 12.5 Å². The number of likely N-dealkylation sites (tertiary alicyclic amines) is 1. The SMILES string of the molecule is CN1CCCC(c2noc(C3CCCCN3)n2)C1. The van der Waals surface area contributed by atoms with Crippen molar-refractivity contribution in [3.05, 3.63) is 11.7 Å². The molecule has 3 rings (SSSR count). The summed E-state index contributed by atoms with van der Waals surface area (Å²) in [6.07, 6.45) is 6.03. The Balaban J connectivity index is 1.68. The van der Waals surface area contributed by atoms with Crippen LogP contribution in [0.1, 0.15) is 55.8 Å². The maximum absolute atomic E-state index is 5.45. The monoisotopic (exact) mass is 250 g/mol. The van der Waals surface area contributed by atoms with Gasteiger partial charge in [-0.15, -0.1) is 0 Å². The number of nitrogens with one attached hydrogen (secondary N) is 1. The van der Waals surface area contributed by atoms with E-state index in [2.05, 4.69) is 27.4 Å². The van der Waals surface area contributed by atoms with Crippen LogP contribution < -0.4 is 5.32 Å². The van der Waals surface area contributed by atoms with Crippen LogP contribution in [0.25, 0.3) is 0 Å². The summed E-state index contributed by atoms with van der Waals surface area (Å²) >= 11 is 0. The van der Waals surface area contributed by atoms with E-state index < -0.39 is 0 Å². The molecule has 0 amide bonds. The Hall–Kier alpha value is -0.940. The minimum atomic E-state index is 0.279. The molecule has 0 bridgehead atoms. The minimum absolute atomic E-state index is 0.279. The first kappa shape index (κ1) is 12.1. The highest BCUT2D eigenvalue weighted by atomic mass is 16.5. The van der Waals surface area contributed by atoms with Gasteiger partial charge in [-0.3, -0.25) is 0 Å². The Labute approximate surface area is 108 Å². The van der Waals surface area contributed by atoms with Gasteiger partial charge in [0.05, 0.1) is 6.04 Å². The second kappa shape index (κ2) is 5.36. The summed E-state index contributed by atoms with van der Waals surface area (Å²) in [6.45, 7) is 3.30. The minimum Gasteiger partial charge on any atom is -0.338 e. The molecule has 18 heavy (non-hydrogen) atoms. The van der Waals surface area contributed by atoms with Crippen molar-refractivity contribution in [1.29, 1.82) is 0 Å². The van der Waals surface area contributed by atoms with Crippen molar-refractivity contribution < 1.29 is 4.52 Å². The molecule has 2 atom stereocenters. The molecule has 3 heterocycles. The highest BCUT2D eigenvalue weighted by Gasteiger charge is 2.26. The van der Waals surface area contributed by atoms with Crippen LogP contribution in [0.4, 0.5) is 0 Å². The van der Waals surface area contributed by atoms with Crippen molar-refractivity contribution in [1.82, 2.24) is 20.4 Å². The first-order chi connectivity index (χ1) is 8.83. The second-order valence-electron chi connectivity index (χ2n) is 5.59.